The molecule has 0 bridgehead atoms. The van der Waals surface area contributed by atoms with Crippen molar-refractivity contribution in [1.82, 2.24) is 9.91 Å². The second kappa shape index (κ2) is 8.94. The number of rotatable bonds is 4. The molecule has 168 valence electrons. The smallest absolute Gasteiger partial charge is 0.257 e. The van der Waals surface area contributed by atoms with Crippen molar-refractivity contribution >= 4 is 23.2 Å². The number of piperidine rings is 1. The maximum atomic E-state index is 13.4. The topological polar surface area (TPSA) is 54.4 Å². The number of carbonyl (C=O) groups is 1. The molecule has 2 aromatic rings. The lowest BCUT2D eigenvalue weighted by Crippen LogP contribution is -2.48. The van der Waals surface area contributed by atoms with Gasteiger partial charge in [0.15, 0.2) is 5.79 Å². The normalized spacial score (nSPS) is 23.0. The summed E-state index contributed by atoms with van der Waals surface area (Å²) in [6.07, 6.45) is 2.21. The van der Waals surface area contributed by atoms with E-state index in [9.17, 15) is 4.79 Å². The Balaban J connectivity index is 1.35. The monoisotopic (exact) mass is 453 g/mol. The van der Waals surface area contributed by atoms with E-state index in [-0.39, 0.29) is 11.9 Å². The highest BCUT2D eigenvalue weighted by atomic mass is 35.5. The van der Waals surface area contributed by atoms with Gasteiger partial charge in [-0.3, -0.25) is 9.69 Å². The molecule has 7 heteroatoms. The van der Waals surface area contributed by atoms with Gasteiger partial charge in [0, 0.05) is 37.4 Å². The lowest BCUT2D eigenvalue weighted by atomic mass is 9.97. The zero-order chi connectivity index (χ0) is 22.1. The summed E-state index contributed by atoms with van der Waals surface area (Å²) in [5.74, 6) is -0.453. The van der Waals surface area contributed by atoms with Crippen LogP contribution in [0.15, 0.2) is 53.6 Å². The molecule has 32 heavy (non-hydrogen) atoms. The fourth-order valence-electron chi connectivity index (χ4n) is 4.83. The van der Waals surface area contributed by atoms with Gasteiger partial charge in [0.05, 0.1) is 31.5 Å². The number of ether oxygens (including phenoxy) is 2. The van der Waals surface area contributed by atoms with Gasteiger partial charge >= 0.3 is 0 Å². The molecule has 1 spiro atoms. The van der Waals surface area contributed by atoms with Crippen molar-refractivity contribution in [3.63, 3.8) is 0 Å². The van der Waals surface area contributed by atoms with Crippen LogP contribution in [0.5, 0.6) is 0 Å². The number of aryl methyl sites for hydroxylation is 1. The summed E-state index contributed by atoms with van der Waals surface area (Å²) in [5.41, 5.74) is 4.06. The highest BCUT2D eigenvalue weighted by molar-refractivity contribution is 6.31. The molecule has 1 atom stereocenters. The lowest BCUT2D eigenvalue weighted by molar-refractivity contribution is -0.186. The largest absolute Gasteiger partial charge is 0.347 e. The van der Waals surface area contributed by atoms with Crippen LogP contribution in [0.25, 0.3) is 0 Å². The first kappa shape index (κ1) is 21.6. The Labute approximate surface area is 193 Å². The zero-order valence-electron chi connectivity index (χ0n) is 18.3. The molecular formula is C25H28ClN3O3. The van der Waals surface area contributed by atoms with Crippen LogP contribution >= 0.6 is 11.6 Å². The third kappa shape index (κ3) is 4.33. The predicted octanol–water partition coefficient (Wildman–Crippen LogP) is 4.17. The predicted molar refractivity (Wildman–Crippen MR) is 124 cm³/mol. The number of amides is 1. The Morgan fingerprint density at radius 3 is 2.59 bits per heavy atom. The number of halogens is 1. The molecular weight excluding hydrogens is 426 g/mol. The van der Waals surface area contributed by atoms with Gasteiger partial charge in [0.1, 0.15) is 0 Å². The van der Waals surface area contributed by atoms with E-state index in [1.165, 1.54) is 5.56 Å². The van der Waals surface area contributed by atoms with E-state index in [0.29, 0.717) is 31.2 Å². The maximum absolute atomic E-state index is 13.4. The van der Waals surface area contributed by atoms with Crippen molar-refractivity contribution < 1.29 is 14.3 Å². The highest BCUT2D eigenvalue weighted by Crippen LogP contribution is 2.37. The fourth-order valence-corrected chi connectivity index (χ4v) is 5.09. The first-order valence-corrected chi connectivity index (χ1v) is 11.6. The molecule has 0 saturated carbocycles. The molecule has 3 aliphatic heterocycles. The molecule has 0 aliphatic carbocycles. The first-order chi connectivity index (χ1) is 15.5. The molecule has 0 unspecified atom stereocenters. The van der Waals surface area contributed by atoms with Crippen molar-refractivity contribution in [2.75, 3.05) is 32.8 Å². The summed E-state index contributed by atoms with van der Waals surface area (Å²) in [4.78, 5) is 15.6. The number of hydrazone groups is 1. The van der Waals surface area contributed by atoms with E-state index in [4.69, 9.17) is 26.2 Å². The van der Waals surface area contributed by atoms with Gasteiger partial charge in [-0.2, -0.15) is 5.10 Å². The standard InChI is InChI=1S/C25H28ClN3O3/c1-18-5-4-6-19(15-18)22-16-23(20-7-2-3-8-21(20)26)29(27-22)24(30)17-28-11-9-25(10-12-28)31-13-14-32-25/h2-8,15,23H,9-14,16-17H2,1H3/t23-/m0/s1. The fraction of sp³-hybridized carbons (Fsp3) is 0.440. The van der Waals surface area contributed by atoms with Gasteiger partial charge in [-0.05, 0) is 24.1 Å². The Bertz CT molecular complexity index is 1020. The van der Waals surface area contributed by atoms with Gasteiger partial charge < -0.3 is 9.47 Å². The van der Waals surface area contributed by atoms with E-state index in [0.717, 1.165) is 42.8 Å². The van der Waals surface area contributed by atoms with Crippen molar-refractivity contribution in [1.29, 1.82) is 0 Å². The summed E-state index contributed by atoms with van der Waals surface area (Å²) in [7, 11) is 0. The molecule has 2 saturated heterocycles. The summed E-state index contributed by atoms with van der Waals surface area (Å²) < 4.78 is 11.6. The van der Waals surface area contributed by atoms with E-state index in [1.54, 1.807) is 5.01 Å². The Hall–Kier alpha value is -2.25. The van der Waals surface area contributed by atoms with Crippen molar-refractivity contribution in [3.05, 3.63) is 70.2 Å². The summed E-state index contributed by atoms with van der Waals surface area (Å²) >= 11 is 6.53. The van der Waals surface area contributed by atoms with Gasteiger partial charge in [-0.1, -0.05) is 59.6 Å². The third-order valence-corrected chi connectivity index (χ3v) is 6.92. The number of likely N-dealkylation sites (tertiary alicyclic amines) is 1. The summed E-state index contributed by atoms with van der Waals surface area (Å²) in [6, 6.07) is 15.8. The van der Waals surface area contributed by atoms with Gasteiger partial charge in [-0.25, -0.2) is 5.01 Å². The van der Waals surface area contributed by atoms with Crippen molar-refractivity contribution in [3.8, 4) is 0 Å². The van der Waals surface area contributed by atoms with Crippen molar-refractivity contribution in [2.45, 2.75) is 38.0 Å². The number of nitrogens with zero attached hydrogens (tertiary/aromatic N) is 3. The van der Waals surface area contributed by atoms with E-state index in [2.05, 4.69) is 30.0 Å². The average molecular weight is 454 g/mol. The van der Waals surface area contributed by atoms with Gasteiger partial charge in [0.2, 0.25) is 0 Å². The third-order valence-electron chi connectivity index (χ3n) is 6.57. The van der Waals surface area contributed by atoms with Crippen LogP contribution in [0.3, 0.4) is 0 Å². The minimum absolute atomic E-state index is 0.0122. The van der Waals surface area contributed by atoms with Gasteiger partial charge in [0.25, 0.3) is 5.91 Å². The molecule has 1 amide bonds. The average Bonchev–Trinajstić information content (AvgIpc) is 3.44. The van der Waals surface area contributed by atoms with E-state index >= 15 is 0 Å². The number of benzene rings is 2. The van der Waals surface area contributed by atoms with Crippen LogP contribution < -0.4 is 0 Å². The highest BCUT2D eigenvalue weighted by Gasteiger charge is 2.41. The quantitative estimate of drug-likeness (QED) is 0.697. The Kier molecular flexibility index (Phi) is 6.03. The van der Waals surface area contributed by atoms with E-state index in [1.807, 2.05) is 30.3 Å². The van der Waals surface area contributed by atoms with E-state index < -0.39 is 5.79 Å². The molecule has 0 N–H and O–H groups in total. The van der Waals surface area contributed by atoms with Gasteiger partial charge in [-0.15, -0.1) is 0 Å². The van der Waals surface area contributed by atoms with Crippen molar-refractivity contribution in [2.24, 2.45) is 5.10 Å². The maximum Gasteiger partial charge on any atom is 0.257 e. The Morgan fingerprint density at radius 1 is 1.12 bits per heavy atom. The summed E-state index contributed by atoms with van der Waals surface area (Å²) in [6.45, 7) is 5.23. The minimum atomic E-state index is -0.441. The molecule has 3 heterocycles. The van der Waals surface area contributed by atoms with Crippen LogP contribution in [0.4, 0.5) is 0 Å². The lowest BCUT2D eigenvalue weighted by Gasteiger charge is -2.37. The van der Waals surface area contributed by atoms with Crippen LogP contribution in [0.1, 0.15) is 42.0 Å². The Morgan fingerprint density at radius 2 is 1.88 bits per heavy atom. The first-order valence-electron chi connectivity index (χ1n) is 11.2. The molecule has 0 aromatic heterocycles. The molecule has 2 fully saturated rings. The second-order valence-electron chi connectivity index (χ2n) is 8.78. The van der Waals surface area contributed by atoms with Crippen LogP contribution in [-0.2, 0) is 14.3 Å². The van der Waals surface area contributed by atoms with Crippen LogP contribution in [0.2, 0.25) is 5.02 Å². The zero-order valence-corrected chi connectivity index (χ0v) is 19.1. The summed E-state index contributed by atoms with van der Waals surface area (Å²) in [5, 5.41) is 7.10. The van der Waals surface area contributed by atoms with Crippen LogP contribution in [0, 0.1) is 6.92 Å². The number of hydrogen-bond donors (Lipinski definition) is 0. The minimum Gasteiger partial charge on any atom is -0.347 e. The molecule has 6 nitrogen and oxygen atoms in total. The number of carbonyl (C=O) groups excluding carboxylic acids is 1. The molecule has 3 aliphatic rings. The number of hydrogen-bond acceptors (Lipinski definition) is 5. The molecule has 2 aromatic carbocycles. The SMILES string of the molecule is Cc1cccc(C2=NN(C(=O)CN3CCC4(CC3)OCCO4)[C@H](c3ccccc3Cl)C2)c1. The van der Waals surface area contributed by atoms with Crippen LogP contribution in [-0.4, -0.2) is 60.2 Å². The molecule has 0 radical (unpaired) electrons. The second-order valence-corrected chi connectivity index (χ2v) is 9.19. The molecule has 5 rings (SSSR count).